The Balaban J connectivity index is 1.84. The molecule has 0 heterocycles. The Morgan fingerprint density at radius 1 is 0.969 bits per heavy atom. The van der Waals surface area contributed by atoms with E-state index in [9.17, 15) is 14.7 Å². The number of carboxylic acids is 1. The lowest BCUT2D eigenvalue weighted by molar-refractivity contribution is -0.317. The summed E-state index contributed by atoms with van der Waals surface area (Å²) in [5, 5.41) is 11.0. The van der Waals surface area contributed by atoms with Crippen LogP contribution in [0.5, 0.6) is 17.2 Å². The number of hydrogen-bond acceptors (Lipinski definition) is 6. The van der Waals surface area contributed by atoms with E-state index in [0.29, 0.717) is 31.8 Å². The van der Waals surface area contributed by atoms with Gasteiger partial charge in [-0.1, -0.05) is 26.0 Å². The van der Waals surface area contributed by atoms with E-state index in [0.717, 1.165) is 40.2 Å². The number of aliphatic carboxylic acids is 1. The molecule has 32 heavy (non-hydrogen) atoms. The van der Waals surface area contributed by atoms with E-state index in [2.05, 4.69) is 0 Å². The molecular weight excluding hydrogens is 408 g/mol. The maximum absolute atomic E-state index is 11.3. The molecule has 0 saturated heterocycles. The van der Waals surface area contributed by atoms with Crippen molar-refractivity contribution < 1.29 is 28.9 Å². The molecule has 0 N–H and O–H groups in total. The number of esters is 1. The van der Waals surface area contributed by atoms with Crippen LogP contribution >= 0.6 is 0 Å². The molecule has 0 fully saturated rings. The first-order valence-corrected chi connectivity index (χ1v) is 10.9. The fourth-order valence-corrected chi connectivity index (χ4v) is 3.31. The van der Waals surface area contributed by atoms with Crippen molar-refractivity contribution in [3.63, 3.8) is 0 Å². The molecule has 0 unspecified atom stereocenters. The molecule has 2 aromatic carbocycles. The largest absolute Gasteiger partial charge is 0.550 e. The number of carbonyl (C=O) groups excluding carboxylic acids is 2. The highest BCUT2D eigenvalue weighted by atomic mass is 16.5. The molecule has 0 amide bonds. The van der Waals surface area contributed by atoms with Crippen molar-refractivity contribution in [1.82, 2.24) is 0 Å². The maximum atomic E-state index is 11.3. The lowest BCUT2D eigenvalue weighted by atomic mass is 9.88. The number of carboxylic acid groups (broad SMARTS) is 1. The van der Waals surface area contributed by atoms with Gasteiger partial charge in [-0.2, -0.15) is 0 Å². The van der Waals surface area contributed by atoms with Crippen LogP contribution in [-0.4, -0.2) is 25.2 Å². The molecule has 174 valence electrons. The molecular formula is C26H33O6-. The zero-order valence-corrected chi connectivity index (χ0v) is 19.9. The average molecular weight is 442 g/mol. The smallest absolute Gasteiger partial charge is 0.308 e. The molecule has 6 nitrogen and oxygen atoms in total. The zero-order valence-electron chi connectivity index (χ0n) is 19.9. The first-order valence-electron chi connectivity index (χ1n) is 10.9. The van der Waals surface area contributed by atoms with Gasteiger partial charge in [-0.25, -0.2) is 0 Å². The number of carbonyl (C=O) groups is 2. The van der Waals surface area contributed by atoms with Crippen molar-refractivity contribution in [2.75, 3.05) is 13.2 Å². The molecule has 0 spiro atoms. The number of ether oxygens (including phenoxy) is 3. The molecule has 0 aliphatic heterocycles. The third kappa shape index (κ3) is 7.01. The highest BCUT2D eigenvalue weighted by Crippen LogP contribution is 2.33. The summed E-state index contributed by atoms with van der Waals surface area (Å²) in [5.74, 6) is 0.767. The number of hydrogen-bond donors (Lipinski definition) is 0. The molecule has 0 atom stereocenters. The summed E-state index contributed by atoms with van der Waals surface area (Å²) in [6.45, 7) is 11.5. The summed E-state index contributed by atoms with van der Waals surface area (Å²) in [4.78, 5) is 22.3. The van der Waals surface area contributed by atoms with Crippen LogP contribution in [0.2, 0.25) is 0 Å². The quantitative estimate of drug-likeness (QED) is 0.297. The van der Waals surface area contributed by atoms with Gasteiger partial charge in [-0.15, -0.1) is 0 Å². The summed E-state index contributed by atoms with van der Waals surface area (Å²) < 4.78 is 17.0. The van der Waals surface area contributed by atoms with E-state index in [4.69, 9.17) is 14.2 Å². The molecule has 0 radical (unpaired) electrons. The highest BCUT2D eigenvalue weighted by Gasteiger charge is 2.18. The van der Waals surface area contributed by atoms with Crippen molar-refractivity contribution in [2.24, 2.45) is 5.41 Å². The molecule has 0 aliphatic rings. The van der Waals surface area contributed by atoms with E-state index >= 15 is 0 Å². The minimum Gasteiger partial charge on any atom is -0.550 e. The molecule has 2 rings (SSSR count). The van der Waals surface area contributed by atoms with Gasteiger partial charge in [0.2, 0.25) is 0 Å². The van der Waals surface area contributed by atoms with Gasteiger partial charge in [0.25, 0.3) is 0 Å². The van der Waals surface area contributed by atoms with Gasteiger partial charge < -0.3 is 24.1 Å². The normalized spacial score (nSPS) is 11.2. The Labute approximate surface area is 190 Å². The zero-order chi connectivity index (χ0) is 23.9. The molecule has 0 bridgehead atoms. The van der Waals surface area contributed by atoms with Crippen molar-refractivity contribution in [2.45, 2.75) is 60.8 Å². The number of rotatable bonds is 11. The third-order valence-electron chi connectivity index (χ3n) is 5.56. The maximum Gasteiger partial charge on any atom is 0.308 e. The van der Waals surface area contributed by atoms with Crippen molar-refractivity contribution in [3.05, 3.63) is 52.6 Å². The highest BCUT2D eigenvalue weighted by molar-refractivity contribution is 5.71. The SMILES string of the molecule is CC(=O)Oc1c(C)cc(OCCc2ccc(OCCCC(C)(C)C(=O)[O-])cc2)c(C)c1C. The van der Waals surface area contributed by atoms with Crippen LogP contribution in [0, 0.1) is 26.2 Å². The second kappa shape index (κ2) is 11.0. The fourth-order valence-electron chi connectivity index (χ4n) is 3.31. The third-order valence-corrected chi connectivity index (χ3v) is 5.56. The van der Waals surface area contributed by atoms with Crippen molar-refractivity contribution >= 4 is 11.9 Å². The van der Waals surface area contributed by atoms with Crippen LogP contribution in [0.3, 0.4) is 0 Å². The summed E-state index contributed by atoms with van der Waals surface area (Å²) >= 11 is 0. The summed E-state index contributed by atoms with van der Waals surface area (Å²) in [7, 11) is 0. The average Bonchev–Trinajstić information content (AvgIpc) is 2.73. The van der Waals surface area contributed by atoms with E-state index in [-0.39, 0.29) is 5.97 Å². The number of benzene rings is 2. The molecule has 0 aromatic heterocycles. The Hall–Kier alpha value is -3.02. The van der Waals surface area contributed by atoms with Gasteiger partial charge in [-0.05, 0) is 74.1 Å². The molecule has 0 saturated carbocycles. The van der Waals surface area contributed by atoms with E-state index in [1.165, 1.54) is 6.92 Å². The molecule has 2 aromatic rings. The van der Waals surface area contributed by atoms with Gasteiger partial charge >= 0.3 is 5.97 Å². The molecule has 0 aliphatic carbocycles. The van der Waals surface area contributed by atoms with Crippen LogP contribution in [0.15, 0.2) is 30.3 Å². The Bertz CT molecular complexity index is 944. The standard InChI is InChI=1S/C26H34O6/c1-17-16-23(18(2)19(3)24(17)32-20(4)27)31-15-12-21-8-10-22(11-9-21)30-14-7-13-26(5,6)25(28)29/h8-11,16H,7,12-15H2,1-6H3,(H,28,29)/p-1. The Morgan fingerprint density at radius 3 is 2.22 bits per heavy atom. The molecule has 6 heteroatoms. The van der Waals surface area contributed by atoms with E-state index < -0.39 is 11.4 Å². The number of aryl methyl sites for hydroxylation is 1. The predicted molar refractivity (Wildman–Crippen MR) is 121 cm³/mol. The van der Waals surface area contributed by atoms with Crippen LogP contribution in [0.4, 0.5) is 0 Å². The topological polar surface area (TPSA) is 84.9 Å². The van der Waals surface area contributed by atoms with Gasteiger partial charge in [0.15, 0.2) is 0 Å². The van der Waals surface area contributed by atoms with E-state index in [1.807, 2.05) is 51.1 Å². The van der Waals surface area contributed by atoms with Crippen LogP contribution in [0.25, 0.3) is 0 Å². The Morgan fingerprint density at radius 2 is 1.62 bits per heavy atom. The van der Waals surface area contributed by atoms with Gasteiger partial charge in [-0.3, -0.25) is 4.79 Å². The summed E-state index contributed by atoms with van der Waals surface area (Å²) in [6.07, 6.45) is 1.89. The fraction of sp³-hybridized carbons (Fsp3) is 0.462. The Kier molecular flexibility index (Phi) is 8.70. The second-order valence-corrected chi connectivity index (χ2v) is 8.73. The first kappa shape index (κ1) is 25.2. The first-order chi connectivity index (χ1) is 15.0. The van der Waals surface area contributed by atoms with Gasteiger partial charge in [0, 0.05) is 24.7 Å². The second-order valence-electron chi connectivity index (χ2n) is 8.73. The lowest BCUT2D eigenvalue weighted by Gasteiger charge is -2.25. The summed E-state index contributed by atoms with van der Waals surface area (Å²) in [5.41, 5.74) is 3.00. The van der Waals surface area contributed by atoms with Crippen LogP contribution in [0.1, 0.15) is 55.9 Å². The summed E-state index contributed by atoms with van der Waals surface area (Å²) in [6, 6.07) is 9.71. The monoisotopic (exact) mass is 441 g/mol. The van der Waals surface area contributed by atoms with Gasteiger partial charge in [0.05, 0.1) is 13.2 Å². The predicted octanol–water partition coefficient (Wildman–Crippen LogP) is 4.09. The van der Waals surface area contributed by atoms with Crippen LogP contribution < -0.4 is 19.3 Å². The van der Waals surface area contributed by atoms with Gasteiger partial charge in [0.1, 0.15) is 17.2 Å². The van der Waals surface area contributed by atoms with Crippen LogP contribution in [-0.2, 0) is 16.0 Å². The minimum absolute atomic E-state index is 0.335. The lowest BCUT2D eigenvalue weighted by Crippen LogP contribution is -2.38. The van der Waals surface area contributed by atoms with Crippen molar-refractivity contribution in [3.8, 4) is 17.2 Å². The minimum atomic E-state index is -1.04. The van der Waals surface area contributed by atoms with Crippen molar-refractivity contribution in [1.29, 1.82) is 0 Å². The van der Waals surface area contributed by atoms with E-state index in [1.54, 1.807) is 13.8 Å².